The van der Waals surface area contributed by atoms with Crippen molar-refractivity contribution >= 4 is 25.3 Å². The molecule has 0 amide bonds. The Morgan fingerprint density at radius 2 is 1.84 bits per heavy atom. The third kappa shape index (κ3) is 5.54. The highest BCUT2D eigenvalue weighted by atomic mass is 32.2. The second-order valence-electron chi connectivity index (χ2n) is 7.10. The summed E-state index contributed by atoms with van der Waals surface area (Å²) < 4.78 is 66.1. The minimum Gasteiger partial charge on any atom is -0.481 e. The molecule has 1 saturated carbocycles. The van der Waals surface area contributed by atoms with Crippen LogP contribution in [0.4, 0.5) is 13.2 Å². The normalized spacial score (nSPS) is 16.7. The van der Waals surface area contributed by atoms with E-state index in [1.807, 2.05) is 0 Å². The lowest BCUT2D eigenvalue weighted by Crippen LogP contribution is -2.26. The Balaban J connectivity index is 1.80. The summed E-state index contributed by atoms with van der Waals surface area (Å²) in [5.74, 6) is -1.12. The zero-order valence-corrected chi connectivity index (χ0v) is 19.0. The van der Waals surface area contributed by atoms with Crippen molar-refractivity contribution in [3.8, 4) is 0 Å². The summed E-state index contributed by atoms with van der Waals surface area (Å²) in [6, 6.07) is 5.95. The molecule has 1 heterocycles. The van der Waals surface area contributed by atoms with E-state index < -0.39 is 30.1 Å². The minimum absolute atomic E-state index is 0.00186. The van der Waals surface area contributed by atoms with Crippen LogP contribution in [0.15, 0.2) is 33.7 Å². The van der Waals surface area contributed by atoms with Gasteiger partial charge in [0.15, 0.2) is 11.5 Å². The van der Waals surface area contributed by atoms with E-state index in [-0.39, 0.29) is 42.2 Å². The molecule has 8 nitrogen and oxygen atoms in total. The summed E-state index contributed by atoms with van der Waals surface area (Å²) in [5.41, 5.74) is -5.76. The molecule has 1 N–H and O–H groups in total. The molecule has 1 aromatic carbocycles. The van der Waals surface area contributed by atoms with Crippen LogP contribution in [0, 0.1) is 0 Å². The van der Waals surface area contributed by atoms with Crippen LogP contribution >= 0.6 is 19.4 Å². The van der Waals surface area contributed by atoms with Crippen molar-refractivity contribution in [2.45, 2.75) is 54.6 Å². The molecule has 1 fully saturated rings. The lowest BCUT2D eigenvalue weighted by Gasteiger charge is -2.22. The number of nitrogens with zero attached hydrogens (tertiary/aromatic N) is 2. The monoisotopic (exact) mass is 494 g/mol. The van der Waals surface area contributed by atoms with Gasteiger partial charge in [-0.1, -0.05) is 17.3 Å². The van der Waals surface area contributed by atoms with Crippen LogP contribution in [0.2, 0.25) is 0 Å². The highest BCUT2D eigenvalue weighted by Gasteiger charge is 2.50. The quantitative estimate of drug-likeness (QED) is 0.340. The number of alkyl halides is 3. The molecule has 0 aliphatic heterocycles. The summed E-state index contributed by atoms with van der Waals surface area (Å²) in [6.07, 6.45) is 0.976. The van der Waals surface area contributed by atoms with Gasteiger partial charge in [0.25, 0.3) is 0 Å². The van der Waals surface area contributed by atoms with E-state index in [2.05, 4.69) is 10.1 Å². The van der Waals surface area contributed by atoms with Gasteiger partial charge in [-0.3, -0.25) is 9.36 Å². The number of carbonyl (C=O) groups is 1. The summed E-state index contributed by atoms with van der Waals surface area (Å²) >= 11 is -0.196. The van der Waals surface area contributed by atoms with Crippen LogP contribution in [0.1, 0.15) is 44.0 Å². The van der Waals surface area contributed by atoms with Gasteiger partial charge in [-0.05, 0) is 56.1 Å². The molecule has 2 aromatic rings. The zero-order chi connectivity index (χ0) is 23.6. The van der Waals surface area contributed by atoms with Crippen molar-refractivity contribution in [1.82, 2.24) is 10.1 Å². The number of hydrogen-bond acceptors (Lipinski definition) is 8. The van der Waals surface area contributed by atoms with E-state index >= 15 is 0 Å². The van der Waals surface area contributed by atoms with Crippen LogP contribution < -0.4 is 0 Å². The predicted octanol–water partition coefficient (Wildman–Crippen LogP) is 5.02. The molecule has 1 aliphatic carbocycles. The summed E-state index contributed by atoms with van der Waals surface area (Å²) in [7, 11) is -3.97. The first-order chi connectivity index (χ1) is 15.0. The molecule has 0 radical (unpaired) electrons. The predicted molar refractivity (Wildman–Crippen MR) is 109 cm³/mol. The molecule has 32 heavy (non-hydrogen) atoms. The second-order valence-corrected chi connectivity index (χ2v) is 10.5. The lowest BCUT2D eigenvalue weighted by atomic mass is 9.95. The fraction of sp³-hybridized carbons (Fsp3) is 0.526. The van der Waals surface area contributed by atoms with Crippen LogP contribution in [0.25, 0.3) is 0 Å². The first-order valence-corrected chi connectivity index (χ1v) is 12.3. The van der Waals surface area contributed by atoms with Crippen molar-refractivity contribution < 1.29 is 41.2 Å². The van der Waals surface area contributed by atoms with Crippen LogP contribution in [0.5, 0.6) is 0 Å². The van der Waals surface area contributed by atoms with Crippen molar-refractivity contribution in [3.05, 3.63) is 41.5 Å². The van der Waals surface area contributed by atoms with E-state index in [0.29, 0.717) is 18.7 Å². The number of carboxylic acid groups (broad SMARTS) is 1. The number of thioether (sulfide) groups is 1. The maximum absolute atomic E-state index is 12.9. The van der Waals surface area contributed by atoms with E-state index in [1.54, 1.807) is 26.0 Å². The van der Waals surface area contributed by atoms with Gasteiger partial charge in [0.05, 0.1) is 25.0 Å². The van der Waals surface area contributed by atoms with E-state index in [1.165, 1.54) is 12.1 Å². The highest BCUT2D eigenvalue weighted by molar-refractivity contribution is 8.00. The Labute approximate surface area is 186 Å². The summed E-state index contributed by atoms with van der Waals surface area (Å²) in [6.45, 7) is 3.15. The topological polar surface area (TPSA) is 112 Å². The van der Waals surface area contributed by atoms with Crippen molar-refractivity contribution in [1.29, 1.82) is 0 Å². The average molecular weight is 494 g/mol. The smallest absolute Gasteiger partial charge is 0.446 e. The Hall–Kier alpha value is -1.88. The first-order valence-electron chi connectivity index (χ1n) is 9.84. The SMILES string of the molecule is CCOP(=O)(OCC)C(Cc1nc(C2(c3ccc(SC(F)(F)F)cc3)CC2)no1)C(=O)O. The molecule has 0 saturated heterocycles. The molecular weight excluding hydrogens is 472 g/mol. The summed E-state index contributed by atoms with van der Waals surface area (Å²) in [5, 5.41) is 13.5. The van der Waals surface area contributed by atoms with Gasteiger partial charge in [-0.2, -0.15) is 18.2 Å². The third-order valence-electron chi connectivity index (χ3n) is 4.94. The fourth-order valence-corrected chi connectivity index (χ4v) is 5.70. The Morgan fingerprint density at radius 3 is 2.31 bits per heavy atom. The maximum atomic E-state index is 12.9. The molecule has 0 bridgehead atoms. The van der Waals surface area contributed by atoms with Gasteiger partial charge >= 0.3 is 19.1 Å². The largest absolute Gasteiger partial charge is 0.481 e. The zero-order valence-electron chi connectivity index (χ0n) is 17.3. The number of halogens is 3. The average Bonchev–Trinajstić information content (AvgIpc) is 3.37. The standard InChI is InChI=1S/C19H22F3N2O6PS/c1-3-28-31(27,29-4-2)14(16(25)26)11-15-23-17(24-30-15)18(9-10-18)12-5-7-13(8-6-12)32-19(20,21)22/h5-8,14H,3-4,9-11H2,1-2H3,(H,25,26). The number of benzene rings is 1. The second kappa shape index (κ2) is 9.54. The fourth-order valence-electron chi connectivity index (χ4n) is 3.35. The Bertz CT molecular complexity index is 984. The molecule has 0 spiro atoms. The minimum atomic E-state index is -4.37. The first kappa shape index (κ1) is 24.8. The number of aromatic nitrogens is 2. The number of rotatable bonds is 11. The molecular formula is C19H22F3N2O6PS. The number of hydrogen-bond donors (Lipinski definition) is 1. The van der Waals surface area contributed by atoms with E-state index in [9.17, 15) is 27.6 Å². The molecule has 176 valence electrons. The maximum Gasteiger partial charge on any atom is 0.446 e. The highest BCUT2D eigenvalue weighted by Crippen LogP contribution is 2.55. The number of aliphatic carboxylic acids is 1. The Morgan fingerprint density at radius 1 is 1.25 bits per heavy atom. The van der Waals surface area contributed by atoms with Gasteiger partial charge in [0.2, 0.25) is 5.89 Å². The van der Waals surface area contributed by atoms with Gasteiger partial charge in [-0.15, -0.1) is 0 Å². The van der Waals surface area contributed by atoms with Crippen molar-refractivity contribution in [2.24, 2.45) is 0 Å². The molecule has 1 aliphatic rings. The van der Waals surface area contributed by atoms with Crippen LogP contribution in [-0.2, 0) is 30.2 Å². The number of carboxylic acids is 1. The van der Waals surface area contributed by atoms with Gasteiger partial charge in [0.1, 0.15) is 0 Å². The van der Waals surface area contributed by atoms with Crippen LogP contribution in [-0.4, -0.2) is 45.6 Å². The van der Waals surface area contributed by atoms with Crippen molar-refractivity contribution in [2.75, 3.05) is 13.2 Å². The van der Waals surface area contributed by atoms with Gasteiger partial charge in [0, 0.05) is 4.90 Å². The molecule has 1 atom stereocenters. The lowest BCUT2D eigenvalue weighted by molar-refractivity contribution is -0.137. The summed E-state index contributed by atoms with van der Waals surface area (Å²) in [4.78, 5) is 16.1. The Kier molecular flexibility index (Phi) is 7.38. The third-order valence-corrected chi connectivity index (χ3v) is 8.08. The molecule has 1 unspecified atom stereocenters. The van der Waals surface area contributed by atoms with Crippen LogP contribution in [0.3, 0.4) is 0 Å². The molecule has 3 rings (SSSR count). The van der Waals surface area contributed by atoms with E-state index in [4.69, 9.17) is 13.6 Å². The molecule has 13 heteroatoms. The van der Waals surface area contributed by atoms with Crippen molar-refractivity contribution in [3.63, 3.8) is 0 Å². The molecule has 1 aromatic heterocycles. The van der Waals surface area contributed by atoms with Gasteiger partial charge < -0.3 is 18.7 Å². The van der Waals surface area contributed by atoms with Gasteiger partial charge in [-0.25, -0.2) is 0 Å². The van der Waals surface area contributed by atoms with E-state index in [0.717, 1.165) is 5.56 Å².